The van der Waals surface area contributed by atoms with Crippen LogP contribution in [0, 0.1) is 11.8 Å². The highest BCUT2D eigenvalue weighted by Crippen LogP contribution is 2.24. The van der Waals surface area contributed by atoms with E-state index >= 15 is 0 Å². The van der Waals surface area contributed by atoms with Gasteiger partial charge in [-0.15, -0.1) is 11.3 Å². The molecule has 2 aliphatic heterocycles. The fourth-order valence-corrected chi connectivity index (χ4v) is 6.19. The van der Waals surface area contributed by atoms with Crippen molar-refractivity contribution in [2.75, 3.05) is 26.2 Å². The van der Waals surface area contributed by atoms with Gasteiger partial charge in [-0.2, -0.15) is 0 Å². The van der Waals surface area contributed by atoms with E-state index in [1.54, 1.807) is 17.5 Å². The number of thiophene rings is 1. The largest absolute Gasteiger partial charge is 0.343 e. The lowest BCUT2D eigenvalue weighted by Gasteiger charge is -2.34. The maximum absolute atomic E-state index is 12.6. The summed E-state index contributed by atoms with van der Waals surface area (Å²) in [5, 5.41) is 5.18. The minimum absolute atomic E-state index is 0.0916. The summed E-state index contributed by atoms with van der Waals surface area (Å²) in [6.07, 6.45) is 4.34. The molecule has 2 unspecified atom stereocenters. The molecule has 0 aromatic carbocycles. The Labute approximate surface area is 160 Å². The van der Waals surface area contributed by atoms with E-state index in [9.17, 15) is 13.2 Å². The maximum atomic E-state index is 12.6. The minimum Gasteiger partial charge on any atom is -0.343 e. The number of carbonyl (C=O) groups is 1. The van der Waals surface area contributed by atoms with E-state index in [-0.39, 0.29) is 11.9 Å². The van der Waals surface area contributed by atoms with Gasteiger partial charge in [-0.25, -0.2) is 13.1 Å². The fourth-order valence-electron chi connectivity index (χ4n) is 3.88. The van der Waals surface area contributed by atoms with E-state index < -0.39 is 10.0 Å². The van der Waals surface area contributed by atoms with E-state index in [4.69, 9.17) is 0 Å². The summed E-state index contributed by atoms with van der Waals surface area (Å²) in [5.74, 6) is 1.19. The van der Waals surface area contributed by atoms with Crippen LogP contribution in [0.1, 0.15) is 39.0 Å². The molecule has 2 fully saturated rings. The van der Waals surface area contributed by atoms with Crippen molar-refractivity contribution in [2.45, 2.75) is 49.3 Å². The van der Waals surface area contributed by atoms with Crippen LogP contribution in [0.2, 0.25) is 0 Å². The number of sulfonamides is 1. The van der Waals surface area contributed by atoms with E-state index in [1.165, 1.54) is 24.2 Å². The summed E-state index contributed by atoms with van der Waals surface area (Å²) in [6.45, 7) is 5.54. The normalized spacial score (nSPS) is 23.7. The number of amides is 1. The van der Waals surface area contributed by atoms with Crippen LogP contribution < -0.4 is 10.0 Å². The highest BCUT2D eigenvalue weighted by Gasteiger charge is 2.29. The Morgan fingerprint density at radius 3 is 2.77 bits per heavy atom. The molecular weight excluding hydrogens is 370 g/mol. The number of likely N-dealkylation sites (tertiary alicyclic amines) is 1. The number of rotatable bonds is 6. The van der Waals surface area contributed by atoms with E-state index in [1.807, 2.05) is 4.90 Å². The van der Waals surface area contributed by atoms with Crippen molar-refractivity contribution in [3.63, 3.8) is 0 Å². The van der Waals surface area contributed by atoms with E-state index in [0.29, 0.717) is 48.4 Å². The molecule has 146 valence electrons. The molecular formula is C18H29N3O3S2. The Hall–Kier alpha value is -0.960. The number of hydrogen-bond acceptors (Lipinski definition) is 5. The highest BCUT2D eigenvalue weighted by molar-refractivity contribution is 7.91. The van der Waals surface area contributed by atoms with Crippen LogP contribution in [0.5, 0.6) is 0 Å². The average molecular weight is 400 g/mol. The Morgan fingerprint density at radius 2 is 2.15 bits per heavy atom. The Bertz CT molecular complexity index is 677. The van der Waals surface area contributed by atoms with Gasteiger partial charge in [0.15, 0.2) is 0 Å². The topological polar surface area (TPSA) is 78.5 Å². The molecule has 2 aliphatic rings. The van der Waals surface area contributed by atoms with Crippen molar-refractivity contribution >= 4 is 27.3 Å². The second-order valence-corrected chi connectivity index (χ2v) is 10.4. The first-order valence-electron chi connectivity index (χ1n) is 9.50. The number of hydrogen-bond donors (Lipinski definition) is 2. The zero-order valence-corrected chi connectivity index (χ0v) is 16.9. The van der Waals surface area contributed by atoms with Crippen molar-refractivity contribution in [2.24, 2.45) is 11.8 Å². The van der Waals surface area contributed by atoms with Gasteiger partial charge in [0.2, 0.25) is 15.9 Å². The second kappa shape index (κ2) is 8.82. The molecule has 1 aromatic rings. The lowest BCUT2D eigenvalue weighted by atomic mass is 9.85. The Kier molecular flexibility index (Phi) is 6.71. The van der Waals surface area contributed by atoms with Crippen LogP contribution in [-0.2, 0) is 14.8 Å². The monoisotopic (exact) mass is 399 g/mol. The fraction of sp³-hybridized carbons (Fsp3) is 0.722. The molecule has 0 bridgehead atoms. The van der Waals surface area contributed by atoms with Gasteiger partial charge in [-0.05, 0) is 62.1 Å². The quantitative estimate of drug-likeness (QED) is 0.767. The molecule has 6 nitrogen and oxygen atoms in total. The second-order valence-electron chi connectivity index (χ2n) is 7.50. The number of nitrogens with zero attached hydrogens (tertiary/aromatic N) is 1. The SMILES string of the molecule is CC(CC(=O)N1CCC(NS(=O)(=O)c2cccs2)CC1)C1CCCNC1. The van der Waals surface area contributed by atoms with Crippen molar-refractivity contribution in [3.8, 4) is 0 Å². The third-order valence-corrected chi connectivity index (χ3v) is 8.48. The first-order valence-corrected chi connectivity index (χ1v) is 11.9. The molecule has 0 spiro atoms. The van der Waals surface area contributed by atoms with E-state index in [0.717, 1.165) is 13.1 Å². The molecule has 26 heavy (non-hydrogen) atoms. The molecule has 0 radical (unpaired) electrons. The molecule has 2 saturated heterocycles. The molecule has 3 rings (SSSR count). The van der Waals surface area contributed by atoms with Crippen LogP contribution in [0.4, 0.5) is 0 Å². The van der Waals surface area contributed by atoms with Gasteiger partial charge in [0.05, 0.1) is 0 Å². The molecule has 2 atom stereocenters. The lowest BCUT2D eigenvalue weighted by Crippen LogP contribution is -2.47. The predicted octanol–water partition coefficient (Wildman–Crippen LogP) is 2.04. The molecule has 0 saturated carbocycles. The molecule has 0 aliphatic carbocycles. The molecule has 3 heterocycles. The van der Waals surface area contributed by atoms with Crippen LogP contribution in [0.25, 0.3) is 0 Å². The smallest absolute Gasteiger partial charge is 0.250 e. The van der Waals surface area contributed by atoms with Crippen LogP contribution in [-0.4, -0.2) is 51.4 Å². The first kappa shape index (κ1) is 19.8. The maximum Gasteiger partial charge on any atom is 0.250 e. The van der Waals surface area contributed by atoms with Crippen molar-refractivity contribution in [1.82, 2.24) is 14.9 Å². The van der Waals surface area contributed by atoms with Crippen LogP contribution in [0.15, 0.2) is 21.7 Å². The molecule has 1 aromatic heterocycles. The van der Waals surface area contributed by atoms with Gasteiger partial charge in [-0.1, -0.05) is 13.0 Å². The lowest BCUT2D eigenvalue weighted by molar-refractivity contribution is -0.133. The highest BCUT2D eigenvalue weighted by atomic mass is 32.2. The average Bonchev–Trinajstić information content (AvgIpc) is 3.18. The van der Waals surface area contributed by atoms with Crippen LogP contribution in [0.3, 0.4) is 0 Å². The van der Waals surface area contributed by atoms with Gasteiger partial charge in [0, 0.05) is 25.6 Å². The summed E-state index contributed by atoms with van der Waals surface area (Å²) >= 11 is 1.22. The number of carbonyl (C=O) groups excluding carboxylic acids is 1. The first-order chi connectivity index (χ1) is 12.5. The Balaban J connectivity index is 1.45. The van der Waals surface area contributed by atoms with Gasteiger partial charge in [-0.3, -0.25) is 4.79 Å². The zero-order chi connectivity index (χ0) is 18.6. The molecule has 1 amide bonds. The predicted molar refractivity (Wildman–Crippen MR) is 104 cm³/mol. The van der Waals surface area contributed by atoms with E-state index in [2.05, 4.69) is 17.0 Å². The Morgan fingerprint density at radius 1 is 1.38 bits per heavy atom. The third kappa shape index (κ3) is 5.06. The van der Waals surface area contributed by atoms with Crippen LogP contribution >= 0.6 is 11.3 Å². The summed E-state index contributed by atoms with van der Waals surface area (Å²) in [7, 11) is -3.43. The number of nitrogens with one attached hydrogen (secondary N) is 2. The van der Waals surface area contributed by atoms with Gasteiger partial charge >= 0.3 is 0 Å². The summed E-state index contributed by atoms with van der Waals surface area (Å²) in [4.78, 5) is 14.5. The van der Waals surface area contributed by atoms with Crippen molar-refractivity contribution in [3.05, 3.63) is 17.5 Å². The third-order valence-electron chi connectivity index (χ3n) is 5.57. The van der Waals surface area contributed by atoms with Gasteiger partial charge in [0.25, 0.3) is 0 Å². The minimum atomic E-state index is -3.43. The van der Waals surface area contributed by atoms with Crippen molar-refractivity contribution in [1.29, 1.82) is 0 Å². The summed E-state index contributed by atoms with van der Waals surface area (Å²) in [5.41, 5.74) is 0. The number of piperidine rings is 2. The summed E-state index contributed by atoms with van der Waals surface area (Å²) in [6, 6.07) is 3.27. The van der Waals surface area contributed by atoms with Crippen molar-refractivity contribution < 1.29 is 13.2 Å². The standard InChI is InChI=1S/C18H29N3O3S2/c1-14(15-4-2-8-19-13-15)12-17(22)21-9-6-16(7-10-21)20-26(23,24)18-5-3-11-25-18/h3,5,11,14-16,19-20H,2,4,6-10,12-13H2,1H3. The summed E-state index contributed by atoms with van der Waals surface area (Å²) < 4.78 is 27.8. The zero-order valence-electron chi connectivity index (χ0n) is 15.3. The molecule has 2 N–H and O–H groups in total. The molecule has 8 heteroatoms. The van der Waals surface area contributed by atoms with Gasteiger partial charge in [0.1, 0.15) is 4.21 Å². The van der Waals surface area contributed by atoms with Gasteiger partial charge < -0.3 is 10.2 Å².